The van der Waals surface area contributed by atoms with Crippen molar-refractivity contribution in [2.24, 2.45) is 11.8 Å². The van der Waals surface area contributed by atoms with Gasteiger partial charge in [0.25, 0.3) is 17.7 Å². The summed E-state index contributed by atoms with van der Waals surface area (Å²) in [5, 5.41) is 19.5. The number of ether oxygens (including phenoxy) is 3. The van der Waals surface area contributed by atoms with Gasteiger partial charge in [0.15, 0.2) is 18.8 Å². The van der Waals surface area contributed by atoms with Gasteiger partial charge in [0, 0.05) is 35.3 Å². The molecule has 4 aliphatic rings. The van der Waals surface area contributed by atoms with Crippen LogP contribution in [0.4, 0.5) is 32.8 Å². The van der Waals surface area contributed by atoms with Crippen molar-refractivity contribution < 1.29 is 38.1 Å². The fraction of sp³-hybridized carbons (Fsp3) is 0.286. The number of nitrogens with zero attached hydrogens (tertiary/aromatic N) is 6. The second-order valence-electron chi connectivity index (χ2n) is 17.0. The third-order valence-corrected chi connectivity index (χ3v) is 12.7. The number of fused-ring (bicyclic) bond motifs is 4. The molecule has 1 N–H and O–H groups in total. The number of amides is 3. The van der Waals surface area contributed by atoms with Crippen molar-refractivity contribution in [1.82, 2.24) is 15.0 Å². The van der Waals surface area contributed by atoms with Crippen molar-refractivity contribution in [3.8, 4) is 11.5 Å². The Morgan fingerprint density at radius 1 is 0.794 bits per heavy atom. The van der Waals surface area contributed by atoms with E-state index in [9.17, 15) is 14.7 Å². The highest BCUT2D eigenvalue weighted by molar-refractivity contribution is 6.10. The van der Waals surface area contributed by atoms with Crippen LogP contribution in [0.25, 0.3) is 0 Å². The number of rotatable bonds is 10. The van der Waals surface area contributed by atoms with Gasteiger partial charge in [0.05, 0.1) is 35.9 Å². The summed E-state index contributed by atoms with van der Waals surface area (Å²) in [5.74, 6) is -1.07. The van der Waals surface area contributed by atoms with E-state index in [1.54, 1.807) is 37.7 Å². The van der Waals surface area contributed by atoms with Crippen LogP contribution in [-0.2, 0) is 37.8 Å². The highest BCUT2D eigenvalue weighted by atomic mass is 19.1. The zero-order chi connectivity index (χ0) is 43.6. The third-order valence-electron chi connectivity index (χ3n) is 12.7. The maximum atomic E-state index is 16.7. The van der Waals surface area contributed by atoms with E-state index in [0.717, 1.165) is 5.56 Å². The number of carbonyl (C=O) groups is 3. The van der Waals surface area contributed by atoms with E-state index in [2.05, 4.69) is 10.3 Å². The zero-order valence-corrected chi connectivity index (χ0v) is 34.9. The quantitative estimate of drug-likeness (QED) is 0.147. The summed E-state index contributed by atoms with van der Waals surface area (Å²) in [5.41, 5.74) is 1.93. The molecule has 6 aromatic rings. The molecule has 0 saturated carbocycles. The molecule has 1 aromatic heterocycles. The summed E-state index contributed by atoms with van der Waals surface area (Å²) < 4.78 is 36.8. The first-order valence-corrected chi connectivity index (χ1v) is 21.1. The summed E-state index contributed by atoms with van der Waals surface area (Å²) in [6.07, 6.45) is 0.237. The van der Waals surface area contributed by atoms with E-state index >= 15 is 9.18 Å². The normalized spacial score (nSPS) is 22.1. The summed E-state index contributed by atoms with van der Waals surface area (Å²) in [6, 6.07) is 36.7. The summed E-state index contributed by atoms with van der Waals surface area (Å²) in [4.78, 5) is 47.0. The van der Waals surface area contributed by atoms with Gasteiger partial charge < -0.3 is 24.2 Å². The Balaban J connectivity index is 1.00. The SMILES string of the molecule is C[C@H]1[C@H](C(C)(C)F)[C@@H](CCn2cc([C@H](O)c3ccccc3)nn2)O[C@]12C(=O)N(Cc1ccc(N3C(=O)COc4ccccc43)cc1)c1ccc(N3C(=O)COc4ccccc43)cc12. The molecule has 5 atom stereocenters. The molecule has 320 valence electrons. The van der Waals surface area contributed by atoms with Gasteiger partial charge in [-0.1, -0.05) is 78.9 Å². The van der Waals surface area contributed by atoms with Gasteiger partial charge >= 0.3 is 0 Å². The Morgan fingerprint density at radius 3 is 2.05 bits per heavy atom. The molecular weight excluding hydrogens is 804 g/mol. The molecular formula is C49H45FN6O7. The molecule has 1 fully saturated rings. The maximum Gasteiger partial charge on any atom is 0.269 e. The molecule has 10 rings (SSSR count). The minimum absolute atomic E-state index is 0.0867. The van der Waals surface area contributed by atoms with Gasteiger partial charge in [0.1, 0.15) is 29.0 Å². The number of aromatic nitrogens is 3. The van der Waals surface area contributed by atoms with Crippen LogP contribution in [0.5, 0.6) is 11.5 Å². The Morgan fingerprint density at radius 2 is 1.40 bits per heavy atom. The first-order valence-electron chi connectivity index (χ1n) is 21.1. The predicted octanol–water partition coefficient (Wildman–Crippen LogP) is 7.71. The van der Waals surface area contributed by atoms with Crippen LogP contribution in [0.2, 0.25) is 0 Å². The molecule has 4 aliphatic heterocycles. The Kier molecular flexibility index (Phi) is 9.87. The first-order chi connectivity index (χ1) is 30.4. The number of para-hydroxylation sites is 4. The highest BCUT2D eigenvalue weighted by Gasteiger charge is 2.66. The van der Waals surface area contributed by atoms with Gasteiger partial charge in [-0.15, -0.1) is 5.10 Å². The van der Waals surface area contributed by atoms with Gasteiger partial charge in [-0.3, -0.25) is 28.9 Å². The average Bonchev–Trinajstić information content (AvgIpc) is 3.96. The van der Waals surface area contributed by atoms with E-state index in [1.165, 1.54) is 13.8 Å². The Hall–Kier alpha value is -6.90. The average molecular weight is 849 g/mol. The summed E-state index contributed by atoms with van der Waals surface area (Å²) in [7, 11) is 0. The van der Waals surface area contributed by atoms with E-state index in [4.69, 9.17) is 14.2 Å². The molecule has 1 saturated heterocycles. The molecule has 0 unspecified atom stereocenters. The number of aryl methyl sites for hydroxylation is 1. The van der Waals surface area contributed by atoms with Crippen LogP contribution in [0, 0.1) is 11.8 Å². The van der Waals surface area contributed by atoms with E-state index in [1.807, 2.05) is 116 Å². The van der Waals surface area contributed by atoms with Crippen LogP contribution in [-0.4, -0.2) is 62.8 Å². The lowest BCUT2D eigenvalue weighted by Gasteiger charge is -2.33. The lowest BCUT2D eigenvalue weighted by atomic mass is 9.71. The van der Waals surface area contributed by atoms with Crippen molar-refractivity contribution in [3.63, 3.8) is 0 Å². The Labute approximate surface area is 363 Å². The molecule has 5 aromatic carbocycles. The zero-order valence-electron chi connectivity index (χ0n) is 34.9. The number of hydrogen-bond donors (Lipinski definition) is 1. The van der Waals surface area contributed by atoms with Gasteiger partial charge in [-0.2, -0.15) is 0 Å². The molecule has 0 aliphatic carbocycles. The molecule has 0 bridgehead atoms. The van der Waals surface area contributed by atoms with E-state index in [0.29, 0.717) is 56.8 Å². The van der Waals surface area contributed by atoms with Crippen LogP contribution >= 0.6 is 0 Å². The number of benzene rings is 5. The van der Waals surface area contributed by atoms with Crippen molar-refractivity contribution in [2.45, 2.75) is 63.8 Å². The number of halogens is 1. The number of alkyl halides is 1. The second kappa shape index (κ2) is 15.5. The monoisotopic (exact) mass is 848 g/mol. The predicted molar refractivity (Wildman–Crippen MR) is 232 cm³/mol. The molecule has 13 nitrogen and oxygen atoms in total. The van der Waals surface area contributed by atoms with E-state index in [-0.39, 0.29) is 50.4 Å². The van der Waals surface area contributed by atoms with Crippen LogP contribution in [0.1, 0.15) is 55.7 Å². The fourth-order valence-corrected chi connectivity index (χ4v) is 9.92. The lowest BCUT2D eigenvalue weighted by Crippen LogP contribution is -2.45. The number of hydrogen-bond acceptors (Lipinski definition) is 9. The molecule has 3 amide bonds. The number of aliphatic hydroxyl groups is 1. The minimum atomic E-state index is -1.78. The minimum Gasteiger partial charge on any atom is -0.482 e. The largest absolute Gasteiger partial charge is 0.482 e. The van der Waals surface area contributed by atoms with Crippen molar-refractivity contribution >= 4 is 46.2 Å². The molecule has 1 spiro atoms. The van der Waals surface area contributed by atoms with Crippen LogP contribution in [0.15, 0.2) is 128 Å². The van der Waals surface area contributed by atoms with Crippen molar-refractivity contribution in [1.29, 1.82) is 0 Å². The first kappa shape index (κ1) is 40.2. The number of carbonyl (C=O) groups excluding carboxylic acids is 3. The second-order valence-corrected chi connectivity index (χ2v) is 17.0. The van der Waals surface area contributed by atoms with Crippen LogP contribution in [0.3, 0.4) is 0 Å². The third kappa shape index (κ3) is 6.80. The van der Waals surface area contributed by atoms with Gasteiger partial charge in [0.2, 0.25) is 0 Å². The highest BCUT2D eigenvalue weighted by Crippen LogP contribution is 2.59. The van der Waals surface area contributed by atoms with Crippen molar-refractivity contribution in [3.05, 3.63) is 150 Å². The van der Waals surface area contributed by atoms with Gasteiger partial charge in [-0.25, -0.2) is 4.39 Å². The number of anilines is 5. The standard InChI is InChI=1S/C49H45FN6O7/c1-30-45(48(2,3)50)42(23-24-53-27-36(51-52-53)46(59)32-11-5-4-6-12-32)63-49(30)35-25-34(56-39-14-8-10-16-41(39)62-29-44(56)58)21-22-37(35)54(47(49)60)26-31-17-19-33(20-18-31)55-38-13-7-9-15-40(38)61-28-43(55)57/h4-22,25,27,30,42,45-46,59H,23-24,26,28-29H2,1-3H3/t30-,42+,45-,46+,49+/m0/s1. The molecule has 5 heterocycles. The smallest absolute Gasteiger partial charge is 0.269 e. The molecule has 14 heteroatoms. The van der Waals surface area contributed by atoms with E-state index < -0.39 is 35.3 Å². The summed E-state index contributed by atoms with van der Waals surface area (Å²) in [6.45, 7) is 5.08. The maximum absolute atomic E-state index is 16.7. The topological polar surface area (TPSA) is 140 Å². The molecule has 63 heavy (non-hydrogen) atoms. The Bertz CT molecular complexity index is 2740. The molecule has 0 radical (unpaired) electrons. The number of aliphatic hydroxyl groups excluding tert-OH is 1. The lowest BCUT2D eigenvalue weighted by molar-refractivity contribution is -0.146. The summed E-state index contributed by atoms with van der Waals surface area (Å²) >= 11 is 0. The van der Waals surface area contributed by atoms with Gasteiger partial charge in [-0.05, 0) is 86.0 Å². The fourth-order valence-electron chi connectivity index (χ4n) is 9.92. The van der Waals surface area contributed by atoms with Crippen molar-refractivity contribution in [2.75, 3.05) is 27.9 Å². The van der Waals surface area contributed by atoms with Crippen LogP contribution < -0.4 is 24.2 Å².